The van der Waals surface area contributed by atoms with Crippen LogP contribution < -0.4 is 10.2 Å². The molecule has 4 nitrogen and oxygen atoms in total. The minimum Gasteiger partial charge on any atom is -0.344 e. The van der Waals surface area contributed by atoms with Crippen LogP contribution in [0, 0.1) is 5.82 Å². The first-order valence-electron chi connectivity index (χ1n) is 10.8. The van der Waals surface area contributed by atoms with Gasteiger partial charge in [0.05, 0.1) is 6.42 Å². The molecule has 33 heavy (non-hydrogen) atoms. The van der Waals surface area contributed by atoms with Crippen LogP contribution in [0.4, 0.5) is 10.1 Å². The number of nitrogens with zero attached hydrogens (tertiary/aromatic N) is 1. The van der Waals surface area contributed by atoms with E-state index in [4.69, 9.17) is 0 Å². The zero-order valence-corrected chi connectivity index (χ0v) is 18.4. The Morgan fingerprint density at radius 2 is 1.58 bits per heavy atom. The molecule has 4 rings (SSSR count). The summed E-state index contributed by atoms with van der Waals surface area (Å²) in [5, 5.41) is 4.99. The molecule has 4 aromatic carbocycles. The molecule has 0 aliphatic carbocycles. The quantitative estimate of drug-likeness (QED) is 0.444. The normalized spacial score (nSPS) is 11.7. The smallest absolute Gasteiger partial charge is 0.249 e. The molecule has 0 spiro atoms. The maximum atomic E-state index is 13.7. The number of hydrogen-bond donors (Lipinski definition) is 1. The van der Waals surface area contributed by atoms with Crippen LogP contribution in [0.25, 0.3) is 10.8 Å². The molecule has 166 valence electrons. The van der Waals surface area contributed by atoms with Gasteiger partial charge in [0.15, 0.2) is 0 Å². The molecule has 0 saturated heterocycles. The number of likely N-dealkylation sites (N-methyl/N-ethyl adjacent to an activating group) is 1. The average molecular weight is 441 g/mol. The van der Waals surface area contributed by atoms with E-state index >= 15 is 0 Å². The highest BCUT2D eigenvalue weighted by Crippen LogP contribution is 2.20. The molecule has 0 unspecified atom stereocenters. The number of carbonyl (C=O) groups is 2. The summed E-state index contributed by atoms with van der Waals surface area (Å²) < 4.78 is 13.7. The number of rotatable bonds is 7. The molecule has 0 bridgehead atoms. The lowest BCUT2D eigenvalue weighted by molar-refractivity contribution is -0.127. The van der Waals surface area contributed by atoms with Crippen molar-refractivity contribution in [1.29, 1.82) is 0 Å². The second-order valence-corrected chi connectivity index (χ2v) is 8.00. The van der Waals surface area contributed by atoms with Crippen LogP contribution in [0.3, 0.4) is 0 Å². The van der Waals surface area contributed by atoms with Gasteiger partial charge in [0.2, 0.25) is 11.8 Å². The molecule has 0 heterocycles. The fraction of sp³-hybridized carbons (Fsp3) is 0.143. The van der Waals surface area contributed by atoms with E-state index in [-0.39, 0.29) is 18.2 Å². The average Bonchev–Trinajstić information content (AvgIpc) is 2.83. The van der Waals surface area contributed by atoms with Gasteiger partial charge >= 0.3 is 0 Å². The number of amides is 2. The van der Waals surface area contributed by atoms with Crippen molar-refractivity contribution in [3.8, 4) is 0 Å². The number of carbonyl (C=O) groups excluding carboxylic acids is 2. The fourth-order valence-corrected chi connectivity index (χ4v) is 3.96. The maximum absolute atomic E-state index is 13.7. The van der Waals surface area contributed by atoms with Gasteiger partial charge in [0, 0.05) is 19.2 Å². The van der Waals surface area contributed by atoms with Crippen LogP contribution in [0.1, 0.15) is 11.1 Å². The first-order valence-corrected chi connectivity index (χ1v) is 10.8. The van der Waals surface area contributed by atoms with Gasteiger partial charge in [-0.3, -0.25) is 9.59 Å². The topological polar surface area (TPSA) is 49.4 Å². The van der Waals surface area contributed by atoms with Gasteiger partial charge in [-0.05, 0) is 40.1 Å². The van der Waals surface area contributed by atoms with Crippen molar-refractivity contribution < 1.29 is 14.0 Å². The molecule has 4 aromatic rings. The molecule has 5 heteroatoms. The lowest BCUT2D eigenvalue weighted by atomic mass is 10.0. The Labute approximate surface area is 192 Å². The van der Waals surface area contributed by atoms with E-state index in [0.29, 0.717) is 12.1 Å². The molecule has 1 atom stereocenters. The van der Waals surface area contributed by atoms with Gasteiger partial charge in [-0.2, -0.15) is 0 Å². The van der Waals surface area contributed by atoms with Crippen molar-refractivity contribution in [2.45, 2.75) is 18.9 Å². The van der Waals surface area contributed by atoms with Crippen molar-refractivity contribution in [1.82, 2.24) is 5.32 Å². The molecule has 0 saturated carbocycles. The highest BCUT2D eigenvalue weighted by atomic mass is 19.1. The first-order chi connectivity index (χ1) is 16.0. The fourth-order valence-electron chi connectivity index (χ4n) is 3.96. The predicted molar refractivity (Wildman–Crippen MR) is 130 cm³/mol. The third kappa shape index (κ3) is 5.44. The first kappa shape index (κ1) is 22.2. The molecule has 0 fully saturated rings. The van der Waals surface area contributed by atoms with Crippen molar-refractivity contribution in [2.75, 3.05) is 11.9 Å². The van der Waals surface area contributed by atoms with Crippen molar-refractivity contribution >= 4 is 28.3 Å². The molecule has 1 N–H and O–H groups in total. The maximum Gasteiger partial charge on any atom is 0.249 e. The third-order valence-electron chi connectivity index (χ3n) is 5.67. The van der Waals surface area contributed by atoms with E-state index in [1.165, 1.54) is 17.0 Å². The molecule has 0 radical (unpaired) electrons. The molecule has 0 aliphatic heterocycles. The lowest BCUT2D eigenvalue weighted by Gasteiger charge is -2.25. The Morgan fingerprint density at radius 1 is 0.879 bits per heavy atom. The number of nitrogens with one attached hydrogen (secondary N) is 1. The standard InChI is InChI=1S/C28H25FN2O2/c1-31(24-15-8-14-23(29)19-24)28(33)26(17-20-9-3-2-4-10-20)30-27(32)18-22-13-7-12-21-11-5-6-16-25(21)22/h2-16,19,26H,17-18H2,1H3,(H,30,32)/t26-/m0/s1. The molecular formula is C28H25FN2O2. The van der Waals surface area contributed by atoms with Gasteiger partial charge in [-0.1, -0.05) is 78.9 Å². The number of anilines is 1. The third-order valence-corrected chi connectivity index (χ3v) is 5.67. The zero-order valence-electron chi connectivity index (χ0n) is 18.4. The Kier molecular flexibility index (Phi) is 6.79. The zero-order chi connectivity index (χ0) is 23.2. The second kappa shape index (κ2) is 10.1. The highest BCUT2D eigenvalue weighted by Gasteiger charge is 2.25. The molecule has 0 aliphatic rings. The minimum absolute atomic E-state index is 0.156. The van der Waals surface area contributed by atoms with Gasteiger partial charge in [-0.15, -0.1) is 0 Å². The SMILES string of the molecule is CN(C(=O)[C@H](Cc1ccccc1)NC(=O)Cc1cccc2ccccc12)c1cccc(F)c1. The van der Waals surface area contributed by atoms with E-state index in [2.05, 4.69) is 5.32 Å². The van der Waals surface area contributed by atoms with Crippen LogP contribution in [0.5, 0.6) is 0 Å². The van der Waals surface area contributed by atoms with Gasteiger partial charge in [0.1, 0.15) is 11.9 Å². The van der Waals surface area contributed by atoms with E-state index in [1.807, 2.05) is 72.8 Å². The number of benzene rings is 4. The van der Waals surface area contributed by atoms with Crippen LogP contribution in [-0.4, -0.2) is 24.9 Å². The van der Waals surface area contributed by atoms with E-state index < -0.39 is 11.9 Å². The Hall–Kier alpha value is -3.99. The summed E-state index contributed by atoms with van der Waals surface area (Å²) in [6.07, 6.45) is 0.490. The largest absolute Gasteiger partial charge is 0.344 e. The van der Waals surface area contributed by atoms with E-state index in [1.54, 1.807) is 19.2 Å². The molecule has 2 amide bonds. The summed E-state index contributed by atoms with van der Waals surface area (Å²) in [5.74, 6) is -0.976. The summed E-state index contributed by atoms with van der Waals surface area (Å²) in [5.41, 5.74) is 2.25. The van der Waals surface area contributed by atoms with Crippen LogP contribution in [0.2, 0.25) is 0 Å². The second-order valence-electron chi connectivity index (χ2n) is 8.00. The summed E-state index contributed by atoms with van der Waals surface area (Å²) in [7, 11) is 1.59. The monoisotopic (exact) mass is 440 g/mol. The van der Waals surface area contributed by atoms with Crippen LogP contribution in [0.15, 0.2) is 97.1 Å². The minimum atomic E-state index is -0.789. The van der Waals surface area contributed by atoms with E-state index in [0.717, 1.165) is 21.9 Å². The van der Waals surface area contributed by atoms with Crippen molar-refractivity contribution in [3.05, 3.63) is 114 Å². The summed E-state index contributed by atoms with van der Waals surface area (Å²) in [6, 6.07) is 28.3. The Balaban J connectivity index is 1.56. The van der Waals surface area contributed by atoms with Crippen molar-refractivity contribution in [3.63, 3.8) is 0 Å². The van der Waals surface area contributed by atoms with Crippen molar-refractivity contribution in [2.24, 2.45) is 0 Å². The molecule has 0 aromatic heterocycles. The highest BCUT2D eigenvalue weighted by molar-refractivity contribution is 5.99. The van der Waals surface area contributed by atoms with E-state index in [9.17, 15) is 14.0 Å². The number of fused-ring (bicyclic) bond motifs is 1. The summed E-state index contributed by atoms with van der Waals surface area (Å²) >= 11 is 0. The van der Waals surface area contributed by atoms with Gasteiger partial charge in [-0.25, -0.2) is 4.39 Å². The number of halogens is 1. The Morgan fingerprint density at radius 3 is 2.36 bits per heavy atom. The predicted octanol–water partition coefficient (Wildman–Crippen LogP) is 4.91. The van der Waals surface area contributed by atoms with Gasteiger partial charge < -0.3 is 10.2 Å². The lowest BCUT2D eigenvalue weighted by Crippen LogP contribution is -2.49. The summed E-state index contributed by atoms with van der Waals surface area (Å²) in [6.45, 7) is 0. The van der Waals surface area contributed by atoms with Crippen LogP contribution in [-0.2, 0) is 22.4 Å². The number of hydrogen-bond acceptors (Lipinski definition) is 2. The molecular weight excluding hydrogens is 415 g/mol. The van der Waals surface area contributed by atoms with Crippen LogP contribution >= 0.6 is 0 Å². The Bertz CT molecular complexity index is 1270. The summed E-state index contributed by atoms with van der Waals surface area (Å²) in [4.78, 5) is 27.8. The van der Waals surface area contributed by atoms with Gasteiger partial charge in [0.25, 0.3) is 0 Å².